The standard InChI is InChI=1S/C19H27ClO2/c1-6-15-14(5)17(20)19(22)16(18(15)21)11-10-13(4)9-7-8-12(2)3/h6,10-13,21-22H,1,7-9H2,2-5H3/b11-10+. The molecular formula is C19H27ClO2. The summed E-state index contributed by atoms with van der Waals surface area (Å²) in [4.78, 5) is 0. The zero-order valence-electron chi connectivity index (χ0n) is 14.0. The maximum absolute atomic E-state index is 10.3. The van der Waals surface area contributed by atoms with E-state index in [-0.39, 0.29) is 16.5 Å². The Morgan fingerprint density at radius 3 is 2.27 bits per heavy atom. The second kappa shape index (κ2) is 8.28. The van der Waals surface area contributed by atoms with Gasteiger partial charge in [-0.1, -0.05) is 70.0 Å². The predicted molar refractivity (Wildman–Crippen MR) is 96.5 cm³/mol. The normalized spacial score (nSPS) is 13.0. The van der Waals surface area contributed by atoms with E-state index in [0.717, 1.165) is 12.3 Å². The van der Waals surface area contributed by atoms with Crippen LogP contribution in [-0.4, -0.2) is 10.2 Å². The smallest absolute Gasteiger partial charge is 0.145 e. The van der Waals surface area contributed by atoms with Crippen molar-refractivity contribution in [3.8, 4) is 11.5 Å². The van der Waals surface area contributed by atoms with Gasteiger partial charge in [-0.05, 0) is 30.7 Å². The molecule has 0 aromatic heterocycles. The summed E-state index contributed by atoms with van der Waals surface area (Å²) >= 11 is 6.13. The summed E-state index contributed by atoms with van der Waals surface area (Å²) in [6, 6.07) is 0. The van der Waals surface area contributed by atoms with E-state index in [2.05, 4.69) is 27.4 Å². The van der Waals surface area contributed by atoms with Gasteiger partial charge in [-0.15, -0.1) is 0 Å². The van der Waals surface area contributed by atoms with Crippen LogP contribution in [0.25, 0.3) is 12.2 Å². The molecule has 0 aliphatic heterocycles. The second-order valence-electron chi connectivity index (χ2n) is 6.33. The van der Waals surface area contributed by atoms with E-state index in [0.29, 0.717) is 22.6 Å². The van der Waals surface area contributed by atoms with E-state index < -0.39 is 0 Å². The predicted octanol–water partition coefficient (Wildman–Crippen LogP) is 6.18. The van der Waals surface area contributed by atoms with Gasteiger partial charge >= 0.3 is 0 Å². The van der Waals surface area contributed by atoms with Crippen molar-refractivity contribution in [2.45, 2.75) is 47.0 Å². The molecule has 0 radical (unpaired) electrons. The molecule has 0 aliphatic carbocycles. The molecule has 0 saturated carbocycles. The van der Waals surface area contributed by atoms with Gasteiger partial charge in [0, 0.05) is 5.56 Å². The van der Waals surface area contributed by atoms with Crippen LogP contribution in [-0.2, 0) is 0 Å². The summed E-state index contributed by atoms with van der Waals surface area (Å²) in [6.45, 7) is 12.0. The number of halogens is 1. The number of hydrogen-bond donors (Lipinski definition) is 2. The number of hydrogen-bond acceptors (Lipinski definition) is 2. The van der Waals surface area contributed by atoms with Crippen LogP contribution in [0.3, 0.4) is 0 Å². The Bertz CT molecular complexity index is 559. The number of rotatable bonds is 7. The number of phenols is 2. The fourth-order valence-corrected chi connectivity index (χ4v) is 2.66. The molecule has 122 valence electrons. The molecule has 0 heterocycles. The lowest BCUT2D eigenvalue weighted by Gasteiger charge is -2.13. The third-order valence-corrected chi connectivity index (χ3v) is 4.41. The zero-order chi connectivity index (χ0) is 16.9. The average molecular weight is 323 g/mol. The first-order valence-corrected chi connectivity index (χ1v) is 8.21. The van der Waals surface area contributed by atoms with Gasteiger partial charge in [0.25, 0.3) is 0 Å². The van der Waals surface area contributed by atoms with Gasteiger partial charge in [0.2, 0.25) is 0 Å². The minimum atomic E-state index is -0.0760. The maximum Gasteiger partial charge on any atom is 0.145 e. The van der Waals surface area contributed by atoms with Crippen LogP contribution in [0.15, 0.2) is 12.7 Å². The fraction of sp³-hybridized carbons (Fsp3) is 0.474. The van der Waals surface area contributed by atoms with Crippen LogP contribution in [0.2, 0.25) is 5.02 Å². The van der Waals surface area contributed by atoms with Crippen molar-refractivity contribution in [2.24, 2.45) is 11.8 Å². The number of benzene rings is 1. The maximum atomic E-state index is 10.3. The molecule has 2 nitrogen and oxygen atoms in total. The van der Waals surface area contributed by atoms with Gasteiger partial charge in [-0.3, -0.25) is 0 Å². The topological polar surface area (TPSA) is 40.5 Å². The van der Waals surface area contributed by atoms with E-state index in [1.54, 1.807) is 19.1 Å². The quantitative estimate of drug-likeness (QED) is 0.629. The second-order valence-corrected chi connectivity index (χ2v) is 6.71. The minimum Gasteiger partial charge on any atom is -0.507 e. The van der Waals surface area contributed by atoms with Crippen molar-refractivity contribution >= 4 is 23.8 Å². The Morgan fingerprint density at radius 2 is 1.73 bits per heavy atom. The SMILES string of the molecule is C=Cc1c(C)c(Cl)c(O)c(/C=C/C(C)CCCC(C)C)c1O. The Labute approximate surface area is 139 Å². The molecule has 0 spiro atoms. The zero-order valence-corrected chi connectivity index (χ0v) is 14.7. The van der Waals surface area contributed by atoms with Gasteiger partial charge in [-0.25, -0.2) is 0 Å². The van der Waals surface area contributed by atoms with Crippen LogP contribution < -0.4 is 0 Å². The van der Waals surface area contributed by atoms with Crippen molar-refractivity contribution < 1.29 is 10.2 Å². The molecule has 0 amide bonds. The highest BCUT2D eigenvalue weighted by Gasteiger charge is 2.17. The Hall–Kier alpha value is -1.41. The fourth-order valence-electron chi connectivity index (χ4n) is 2.46. The number of aromatic hydroxyl groups is 2. The molecule has 3 heteroatoms. The highest BCUT2D eigenvalue weighted by atomic mass is 35.5. The summed E-state index contributed by atoms with van der Waals surface area (Å²) in [7, 11) is 0. The summed E-state index contributed by atoms with van der Waals surface area (Å²) in [5.41, 5.74) is 1.56. The molecule has 0 bridgehead atoms. The van der Waals surface area contributed by atoms with E-state index in [1.165, 1.54) is 12.8 Å². The number of phenolic OH excluding ortho intramolecular Hbond substituents is 2. The van der Waals surface area contributed by atoms with E-state index in [9.17, 15) is 10.2 Å². The molecule has 1 atom stereocenters. The van der Waals surface area contributed by atoms with Crippen LogP contribution >= 0.6 is 11.6 Å². The molecule has 1 aromatic carbocycles. The molecule has 1 aromatic rings. The molecule has 0 aliphatic rings. The van der Waals surface area contributed by atoms with Crippen molar-refractivity contribution in [1.29, 1.82) is 0 Å². The largest absolute Gasteiger partial charge is 0.507 e. The van der Waals surface area contributed by atoms with Gasteiger partial charge < -0.3 is 10.2 Å². The lowest BCUT2D eigenvalue weighted by atomic mass is 9.97. The average Bonchev–Trinajstić information content (AvgIpc) is 2.45. The van der Waals surface area contributed by atoms with Gasteiger partial charge in [0.15, 0.2) is 0 Å². The highest BCUT2D eigenvalue weighted by molar-refractivity contribution is 6.33. The monoisotopic (exact) mass is 322 g/mol. The first-order chi connectivity index (χ1) is 10.3. The molecular weight excluding hydrogens is 296 g/mol. The third-order valence-electron chi connectivity index (χ3n) is 3.94. The minimum absolute atomic E-state index is 0.0278. The number of allylic oxidation sites excluding steroid dienone is 1. The van der Waals surface area contributed by atoms with Gasteiger partial charge in [-0.2, -0.15) is 0 Å². The lowest BCUT2D eigenvalue weighted by molar-refractivity contribution is 0.446. The molecule has 22 heavy (non-hydrogen) atoms. The Kier molecular flexibility index (Phi) is 7.02. The Balaban J connectivity index is 2.95. The molecule has 2 N–H and O–H groups in total. The van der Waals surface area contributed by atoms with Crippen LogP contribution in [0.4, 0.5) is 0 Å². The van der Waals surface area contributed by atoms with E-state index in [1.807, 2.05) is 6.08 Å². The van der Waals surface area contributed by atoms with Crippen molar-refractivity contribution in [2.75, 3.05) is 0 Å². The molecule has 0 saturated heterocycles. The van der Waals surface area contributed by atoms with Crippen molar-refractivity contribution in [3.05, 3.63) is 34.4 Å². The lowest BCUT2D eigenvalue weighted by Crippen LogP contribution is -1.94. The summed E-state index contributed by atoms with van der Waals surface area (Å²) in [5.74, 6) is 1.05. The van der Waals surface area contributed by atoms with Gasteiger partial charge in [0.1, 0.15) is 11.5 Å². The summed E-state index contributed by atoms with van der Waals surface area (Å²) in [5, 5.41) is 20.7. The summed E-state index contributed by atoms with van der Waals surface area (Å²) < 4.78 is 0. The first kappa shape index (κ1) is 18.6. The molecule has 0 fully saturated rings. The Morgan fingerprint density at radius 1 is 1.09 bits per heavy atom. The van der Waals surface area contributed by atoms with Crippen LogP contribution in [0.1, 0.15) is 56.7 Å². The summed E-state index contributed by atoms with van der Waals surface area (Å²) in [6.07, 6.45) is 8.79. The highest BCUT2D eigenvalue weighted by Crippen LogP contribution is 2.42. The first-order valence-electron chi connectivity index (χ1n) is 7.84. The van der Waals surface area contributed by atoms with Crippen LogP contribution in [0, 0.1) is 18.8 Å². The third kappa shape index (κ3) is 4.54. The van der Waals surface area contributed by atoms with Crippen LogP contribution in [0.5, 0.6) is 11.5 Å². The molecule has 1 unspecified atom stereocenters. The van der Waals surface area contributed by atoms with Gasteiger partial charge in [0.05, 0.1) is 10.6 Å². The van der Waals surface area contributed by atoms with E-state index in [4.69, 9.17) is 11.6 Å². The van der Waals surface area contributed by atoms with Crippen molar-refractivity contribution in [3.63, 3.8) is 0 Å². The van der Waals surface area contributed by atoms with E-state index >= 15 is 0 Å². The van der Waals surface area contributed by atoms with Crippen molar-refractivity contribution in [1.82, 2.24) is 0 Å². The molecule has 1 rings (SSSR count).